The van der Waals surface area contributed by atoms with Crippen LogP contribution in [0.1, 0.15) is 114 Å². The number of rotatable bonds is 8. The summed E-state index contributed by atoms with van der Waals surface area (Å²) in [6, 6.07) is 9.40. The molecular weight excluding hydrogens is 436 g/mol. The molecule has 7 heteroatoms. The lowest BCUT2D eigenvalue weighted by Gasteiger charge is -2.39. The molecule has 3 aromatic rings. The Hall–Kier alpha value is -2.54. The molecule has 5 rings (SSSR count). The minimum absolute atomic E-state index is 0.0179. The lowest BCUT2D eigenvalue weighted by molar-refractivity contribution is 0.0821. The maximum absolute atomic E-state index is 13.2. The minimum atomic E-state index is 0.0179. The number of hydrogen-bond donors (Lipinski definition) is 1. The van der Waals surface area contributed by atoms with Crippen LogP contribution in [-0.2, 0) is 13.0 Å². The highest BCUT2D eigenvalue weighted by Crippen LogP contribution is 2.35. The van der Waals surface area contributed by atoms with E-state index in [-0.39, 0.29) is 11.6 Å². The first-order valence-corrected chi connectivity index (χ1v) is 13.9. The normalized spacial score (nSPS) is 18.9. The van der Waals surface area contributed by atoms with Crippen molar-refractivity contribution in [2.24, 2.45) is 0 Å². The zero-order valence-corrected chi connectivity index (χ0v) is 21.4. The molecule has 0 aliphatic heterocycles. The average molecular weight is 477 g/mol. The molecular formula is C28H40N6O. The number of nitrogens with zero attached hydrogens (tertiary/aromatic N) is 5. The summed E-state index contributed by atoms with van der Waals surface area (Å²) in [4.78, 5) is 18.9. The SMILES string of the molecule is CCc1ccc2[nH]c(=O)c(CN(C3CCCCC3)[C@@H](CC)c3nnnn3C3CCCCC3)cc2c1. The van der Waals surface area contributed by atoms with Crippen molar-refractivity contribution in [2.45, 2.75) is 116 Å². The molecule has 2 aromatic heterocycles. The number of aryl methyl sites for hydroxylation is 1. The van der Waals surface area contributed by atoms with Gasteiger partial charge in [0, 0.05) is 23.7 Å². The van der Waals surface area contributed by atoms with E-state index in [4.69, 9.17) is 0 Å². The number of aromatic amines is 1. The van der Waals surface area contributed by atoms with Gasteiger partial charge in [0.1, 0.15) is 0 Å². The van der Waals surface area contributed by atoms with Crippen molar-refractivity contribution in [3.63, 3.8) is 0 Å². The molecule has 0 saturated heterocycles. The third-order valence-corrected chi connectivity index (χ3v) is 8.31. The van der Waals surface area contributed by atoms with Crippen LogP contribution in [0.25, 0.3) is 10.9 Å². The van der Waals surface area contributed by atoms with E-state index in [0.29, 0.717) is 18.6 Å². The summed E-state index contributed by atoms with van der Waals surface area (Å²) in [5.74, 6) is 0.982. The molecule has 7 nitrogen and oxygen atoms in total. The third-order valence-electron chi connectivity index (χ3n) is 8.31. The second-order valence-electron chi connectivity index (χ2n) is 10.6. The number of pyridine rings is 1. The number of nitrogens with one attached hydrogen (secondary N) is 1. The number of hydrogen-bond acceptors (Lipinski definition) is 5. The first-order chi connectivity index (χ1) is 17.2. The van der Waals surface area contributed by atoms with Gasteiger partial charge in [0.15, 0.2) is 5.82 Å². The predicted molar refractivity (Wildman–Crippen MR) is 139 cm³/mol. The lowest BCUT2D eigenvalue weighted by Crippen LogP contribution is -2.41. The van der Waals surface area contributed by atoms with Gasteiger partial charge in [0.2, 0.25) is 0 Å². The summed E-state index contributed by atoms with van der Waals surface area (Å²) in [6.07, 6.45) is 14.2. The van der Waals surface area contributed by atoms with E-state index in [1.165, 1.54) is 56.9 Å². The van der Waals surface area contributed by atoms with Gasteiger partial charge >= 0.3 is 0 Å². The quantitative estimate of drug-likeness (QED) is 0.440. The molecule has 0 unspecified atom stereocenters. The van der Waals surface area contributed by atoms with Crippen LogP contribution in [0.3, 0.4) is 0 Å². The Bertz CT molecular complexity index is 1170. The Morgan fingerprint density at radius 2 is 1.77 bits per heavy atom. The Kier molecular flexibility index (Phi) is 7.61. The van der Waals surface area contributed by atoms with E-state index in [9.17, 15) is 4.79 Å². The number of aromatic nitrogens is 5. The monoisotopic (exact) mass is 476 g/mol. The van der Waals surface area contributed by atoms with E-state index in [0.717, 1.165) is 48.0 Å². The van der Waals surface area contributed by atoms with Crippen molar-refractivity contribution in [1.29, 1.82) is 0 Å². The van der Waals surface area contributed by atoms with Crippen molar-refractivity contribution >= 4 is 10.9 Å². The lowest BCUT2D eigenvalue weighted by atomic mass is 9.91. The van der Waals surface area contributed by atoms with Crippen molar-refractivity contribution in [2.75, 3.05) is 0 Å². The highest BCUT2D eigenvalue weighted by molar-refractivity contribution is 5.79. The van der Waals surface area contributed by atoms with E-state index >= 15 is 0 Å². The van der Waals surface area contributed by atoms with Gasteiger partial charge in [-0.2, -0.15) is 0 Å². The van der Waals surface area contributed by atoms with Gasteiger partial charge in [0.25, 0.3) is 5.56 Å². The van der Waals surface area contributed by atoms with E-state index in [1.54, 1.807) is 0 Å². The Morgan fingerprint density at radius 3 is 2.49 bits per heavy atom. The van der Waals surface area contributed by atoms with Crippen molar-refractivity contribution < 1.29 is 0 Å². The van der Waals surface area contributed by atoms with Crippen LogP contribution in [0, 0.1) is 0 Å². The highest BCUT2D eigenvalue weighted by atomic mass is 16.1. The van der Waals surface area contributed by atoms with Crippen LogP contribution < -0.4 is 5.56 Å². The topological polar surface area (TPSA) is 79.7 Å². The summed E-state index contributed by atoms with van der Waals surface area (Å²) in [5, 5.41) is 14.3. The molecule has 2 heterocycles. The summed E-state index contributed by atoms with van der Waals surface area (Å²) in [7, 11) is 0. The highest BCUT2D eigenvalue weighted by Gasteiger charge is 2.33. The largest absolute Gasteiger partial charge is 0.322 e. The Morgan fingerprint density at radius 1 is 1.03 bits per heavy atom. The van der Waals surface area contributed by atoms with Crippen LogP contribution in [0.4, 0.5) is 0 Å². The second-order valence-corrected chi connectivity index (χ2v) is 10.6. The summed E-state index contributed by atoms with van der Waals surface area (Å²) in [6.45, 7) is 5.03. The summed E-state index contributed by atoms with van der Waals surface area (Å²) in [5.41, 5.74) is 3.06. The molecule has 0 bridgehead atoms. The molecule has 35 heavy (non-hydrogen) atoms. The zero-order valence-electron chi connectivity index (χ0n) is 21.4. The second kappa shape index (κ2) is 11.0. The van der Waals surface area contributed by atoms with Gasteiger partial charge in [0.05, 0.1) is 12.1 Å². The molecule has 0 radical (unpaired) electrons. The summed E-state index contributed by atoms with van der Waals surface area (Å²) >= 11 is 0. The van der Waals surface area contributed by atoms with E-state index < -0.39 is 0 Å². The molecule has 0 spiro atoms. The van der Waals surface area contributed by atoms with Crippen LogP contribution in [-0.4, -0.2) is 36.1 Å². The molecule has 2 saturated carbocycles. The minimum Gasteiger partial charge on any atom is -0.322 e. The Labute approximate surface area is 208 Å². The average Bonchev–Trinajstić information content (AvgIpc) is 3.39. The standard InChI is InChI=1S/C28H40N6O/c1-3-20-15-16-25-21(17-20)18-22(28(35)29-25)19-33(23-11-7-5-8-12-23)26(4-2)27-30-31-32-34(27)24-13-9-6-10-14-24/h15-18,23-24,26H,3-14,19H2,1-2H3,(H,29,35)/t26-/m0/s1. The number of benzene rings is 1. The smallest absolute Gasteiger partial charge is 0.252 e. The number of H-pyrrole nitrogens is 1. The molecule has 1 aromatic carbocycles. The third kappa shape index (κ3) is 5.20. The molecule has 2 aliphatic carbocycles. The summed E-state index contributed by atoms with van der Waals surface area (Å²) < 4.78 is 2.13. The van der Waals surface area contributed by atoms with Crippen molar-refractivity contribution in [3.05, 3.63) is 51.6 Å². The maximum Gasteiger partial charge on any atom is 0.252 e. The van der Waals surface area contributed by atoms with Crippen LogP contribution in [0.2, 0.25) is 0 Å². The van der Waals surface area contributed by atoms with E-state index in [1.807, 2.05) is 6.07 Å². The molecule has 1 N–H and O–H groups in total. The predicted octanol–water partition coefficient (Wildman–Crippen LogP) is 5.87. The van der Waals surface area contributed by atoms with Crippen molar-refractivity contribution in [3.8, 4) is 0 Å². The van der Waals surface area contributed by atoms with Gasteiger partial charge in [-0.3, -0.25) is 9.69 Å². The van der Waals surface area contributed by atoms with E-state index in [2.05, 4.69) is 62.1 Å². The van der Waals surface area contributed by atoms with Gasteiger partial charge in [-0.25, -0.2) is 4.68 Å². The molecule has 188 valence electrons. The van der Waals surface area contributed by atoms with Crippen LogP contribution in [0.15, 0.2) is 29.1 Å². The molecule has 2 aliphatic rings. The molecule has 0 amide bonds. The fourth-order valence-electron chi connectivity index (χ4n) is 6.31. The fourth-order valence-corrected chi connectivity index (χ4v) is 6.31. The molecule has 2 fully saturated rings. The fraction of sp³-hybridized carbons (Fsp3) is 0.643. The Balaban J connectivity index is 1.51. The zero-order chi connectivity index (χ0) is 24.2. The number of fused-ring (bicyclic) bond motifs is 1. The van der Waals surface area contributed by atoms with Crippen LogP contribution >= 0.6 is 0 Å². The molecule has 1 atom stereocenters. The van der Waals surface area contributed by atoms with Crippen LogP contribution in [0.5, 0.6) is 0 Å². The van der Waals surface area contributed by atoms with Crippen molar-refractivity contribution in [1.82, 2.24) is 30.1 Å². The van der Waals surface area contributed by atoms with Gasteiger partial charge < -0.3 is 4.98 Å². The van der Waals surface area contributed by atoms with Gasteiger partial charge in [-0.15, -0.1) is 5.10 Å². The first kappa shape index (κ1) is 24.2. The van der Waals surface area contributed by atoms with Gasteiger partial charge in [-0.1, -0.05) is 58.4 Å². The number of tetrazole rings is 1. The maximum atomic E-state index is 13.2. The van der Waals surface area contributed by atoms with Gasteiger partial charge in [-0.05, 0) is 78.1 Å². The first-order valence-electron chi connectivity index (χ1n) is 13.9.